The van der Waals surface area contributed by atoms with Gasteiger partial charge in [0.1, 0.15) is 12.4 Å². The monoisotopic (exact) mass is 229 g/mol. The van der Waals surface area contributed by atoms with Crippen LogP contribution in [0.15, 0.2) is 6.20 Å². The van der Waals surface area contributed by atoms with Crippen LogP contribution in [0.5, 0.6) is 0 Å². The molecule has 1 heterocycles. The van der Waals surface area contributed by atoms with E-state index in [1.807, 2.05) is 0 Å². The van der Waals surface area contributed by atoms with Crippen LogP contribution in [-0.4, -0.2) is 34.8 Å². The molecule has 0 saturated carbocycles. The first-order valence-corrected chi connectivity index (χ1v) is 8.79. The maximum Gasteiger partial charge on any atom is 0.141 e. The first-order chi connectivity index (χ1) is 7.01. The summed E-state index contributed by atoms with van der Waals surface area (Å²) in [6.45, 7) is 8.05. The number of ether oxygens (including phenoxy) is 1. The minimum Gasteiger partial charge on any atom is -0.390 e. The fraction of sp³-hybridized carbons (Fsp3) is 0.778. The van der Waals surface area contributed by atoms with Crippen molar-refractivity contribution in [2.45, 2.75) is 39.0 Å². The van der Waals surface area contributed by atoms with Crippen LogP contribution >= 0.6 is 0 Å². The Balaban J connectivity index is 2.20. The Hall–Kier alpha value is -0.723. The largest absolute Gasteiger partial charge is 0.390 e. The van der Waals surface area contributed by atoms with E-state index in [1.54, 1.807) is 10.9 Å². The van der Waals surface area contributed by atoms with Crippen molar-refractivity contribution in [1.29, 1.82) is 0 Å². The Bertz CT molecular complexity index is 296. The van der Waals surface area contributed by atoms with E-state index in [-0.39, 0.29) is 6.61 Å². The molecular formula is C9H19N3O2Si. The summed E-state index contributed by atoms with van der Waals surface area (Å²) in [5.74, 6) is 0. The summed E-state index contributed by atoms with van der Waals surface area (Å²) < 4.78 is 7.06. The van der Waals surface area contributed by atoms with Crippen molar-refractivity contribution in [3.8, 4) is 0 Å². The molecule has 0 aliphatic carbocycles. The van der Waals surface area contributed by atoms with Crippen molar-refractivity contribution in [3.05, 3.63) is 11.9 Å². The van der Waals surface area contributed by atoms with Gasteiger partial charge >= 0.3 is 0 Å². The van der Waals surface area contributed by atoms with E-state index in [0.717, 1.165) is 12.7 Å². The number of hydrogen-bond donors (Lipinski definition) is 1. The second-order valence-corrected chi connectivity index (χ2v) is 10.4. The van der Waals surface area contributed by atoms with Crippen molar-refractivity contribution < 1.29 is 9.84 Å². The molecule has 6 heteroatoms. The third kappa shape index (κ3) is 5.05. The smallest absolute Gasteiger partial charge is 0.141 e. The molecule has 1 rings (SSSR count). The zero-order valence-corrected chi connectivity index (χ0v) is 10.6. The topological polar surface area (TPSA) is 60.2 Å². The molecule has 15 heavy (non-hydrogen) atoms. The van der Waals surface area contributed by atoms with E-state index in [9.17, 15) is 0 Å². The molecule has 0 radical (unpaired) electrons. The summed E-state index contributed by atoms with van der Waals surface area (Å²) in [6, 6.07) is 1.15. The van der Waals surface area contributed by atoms with Gasteiger partial charge in [-0.2, -0.15) is 0 Å². The SMILES string of the molecule is C[Si](C)(C)CCOCn1cc(CO)nn1. The van der Waals surface area contributed by atoms with Gasteiger partial charge in [-0.15, -0.1) is 5.10 Å². The summed E-state index contributed by atoms with van der Waals surface area (Å²) >= 11 is 0. The molecular weight excluding hydrogens is 210 g/mol. The molecule has 0 amide bonds. The average molecular weight is 229 g/mol. The lowest BCUT2D eigenvalue weighted by Crippen LogP contribution is -2.22. The number of aliphatic hydroxyl groups excluding tert-OH is 1. The molecule has 0 saturated heterocycles. The molecule has 1 N–H and O–H groups in total. The Labute approximate surface area is 91.1 Å². The van der Waals surface area contributed by atoms with E-state index >= 15 is 0 Å². The van der Waals surface area contributed by atoms with Gasteiger partial charge in [-0.05, 0) is 6.04 Å². The lowest BCUT2D eigenvalue weighted by Gasteiger charge is -2.15. The van der Waals surface area contributed by atoms with Crippen LogP contribution in [0.2, 0.25) is 25.7 Å². The predicted octanol–water partition coefficient (Wildman–Crippen LogP) is 1.08. The number of hydrogen-bond acceptors (Lipinski definition) is 4. The highest BCUT2D eigenvalue weighted by atomic mass is 28.3. The van der Waals surface area contributed by atoms with Crippen molar-refractivity contribution in [2.24, 2.45) is 0 Å². The van der Waals surface area contributed by atoms with Crippen LogP contribution in [0, 0.1) is 0 Å². The maximum absolute atomic E-state index is 8.78. The first kappa shape index (κ1) is 12.3. The second kappa shape index (κ2) is 5.39. The molecule has 0 spiro atoms. The lowest BCUT2D eigenvalue weighted by atomic mass is 10.5. The average Bonchev–Trinajstić information content (AvgIpc) is 2.59. The predicted molar refractivity (Wildman–Crippen MR) is 60.0 cm³/mol. The number of nitrogens with zero attached hydrogens (tertiary/aromatic N) is 3. The number of rotatable bonds is 6. The van der Waals surface area contributed by atoms with Crippen LogP contribution in [0.1, 0.15) is 5.69 Å². The molecule has 1 aromatic heterocycles. The highest BCUT2D eigenvalue weighted by molar-refractivity contribution is 6.76. The highest BCUT2D eigenvalue weighted by Gasteiger charge is 2.11. The van der Waals surface area contributed by atoms with Gasteiger partial charge in [0.05, 0.1) is 12.8 Å². The van der Waals surface area contributed by atoms with E-state index < -0.39 is 8.07 Å². The quantitative estimate of drug-likeness (QED) is 0.586. The fourth-order valence-electron chi connectivity index (χ4n) is 1.01. The summed E-state index contributed by atoms with van der Waals surface area (Å²) in [5, 5.41) is 16.3. The first-order valence-electron chi connectivity index (χ1n) is 5.09. The van der Waals surface area contributed by atoms with Crippen molar-refractivity contribution in [1.82, 2.24) is 15.0 Å². The minimum absolute atomic E-state index is 0.0745. The van der Waals surface area contributed by atoms with Crippen LogP contribution in [-0.2, 0) is 18.1 Å². The van der Waals surface area contributed by atoms with Crippen molar-refractivity contribution >= 4 is 8.07 Å². The van der Waals surface area contributed by atoms with Gasteiger partial charge in [-0.3, -0.25) is 0 Å². The number of aromatic nitrogens is 3. The molecule has 0 aromatic carbocycles. The van der Waals surface area contributed by atoms with Gasteiger partial charge in [0.2, 0.25) is 0 Å². The Kier molecular flexibility index (Phi) is 4.43. The van der Waals surface area contributed by atoms with E-state index in [4.69, 9.17) is 9.84 Å². The zero-order valence-electron chi connectivity index (χ0n) is 9.60. The maximum atomic E-state index is 8.78. The third-order valence-corrected chi connectivity index (χ3v) is 3.67. The van der Waals surface area contributed by atoms with Gasteiger partial charge in [0.15, 0.2) is 0 Å². The normalized spacial score (nSPS) is 12.0. The van der Waals surface area contributed by atoms with Crippen LogP contribution in [0.3, 0.4) is 0 Å². The van der Waals surface area contributed by atoms with Gasteiger partial charge in [-0.1, -0.05) is 24.9 Å². The summed E-state index contributed by atoms with van der Waals surface area (Å²) in [4.78, 5) is 0. The van der Waals surface area contributed by atoms with Crippen molar-refractivity contribution in [2.75, 3.05) is 6.61 Å². The standard InChI is InChI=1S/C9H19N3O2Si/c1-15(2,3)5-4-14-8-12-6-9(7-13)10-11-12/h6,13H,4-5,7-8H2,1-3H3. The molecule has 0 fully saturated rings. The molecule has 0 aliphatic rings. The molecule has 0 atom stereocenters. The van der Waals surface area contributed by atoms with Gasteiger partial charge in [0.25, 0.3) is 0 Å². The molecule has 0 aliphatic heterocycles. The van der Waals surface area contributed by atoms with Gasteiger partial charge < -0.3 is 9.84 Å². The van der Waals surface area contributed by atoms with Crippen LogP contribution in [0.25, 0.3) is 0 Å². The van der Waals surface area contributed by atoms with Crippen LogP contribution < -0.4 is 0 Å². The lowest BCUT2D eigenvalue weighted by molar-refractivity contribution is 0.0772. The van der Waals surface area contributed by atoms with Gasteiger partial charge in [-0.25, -0.2) is 4.68 Å². The van der Waals surface area contributed by atoms with Crippen LogP contribution in [0.4, 0.5) is 0 Å². The minimum atomic E-state index is -1.01. The second-order valence-electron chi connectivity index (χ2n) is 4.76. The van der Waals surface area contributed by atoms with E-state index in [2.05, 4.69) is 30.0 Å². The van der Waals surface area contributed by atoms with E-state index in [0.29, 0.717) is 12.4 Å². The molecule has 86 valence electrons. The fourth-order valence-corrected chi connectivity index (χ4v) is 1.77. The molecule has 0 bridgehead atoms. The Morgan fingerprint density at radius 2 is 2.20 bits per heavy atom. The van der Waals surface area contributed by atoms with E-state index in [1.165, 1.54) is 0 Å². The molecule has 0 unspecified atom stereocenters. The third-order valence-electron chi connectivity index (χ3n) is 1.97. The number of aliphatic hydroxyl groups is 1. The van der Waals surface area contributed by atoms with Gasteiger partial charge in [0, 0.05) is 14.7 Å². The molecule has 5 nitrogen and oxygen atoms in total. The highest BCUT2D eigenvalue weighted by Crippen LogP contribution is 2.07. The summed E-state index contributed by atoms with van der Waals surface area (Å²) in [7, 11) is -1.01. The zero-order chi connectivity index (χ0) is 11.3. The Morgan fingerprint density at radius 1 is 1.47 bits per heavy atom. The molecule has 1 aromatic rings. The summed E-state index contributed by atoms with van der Waals surface area (Å²) in [5.41, 5.74) is 0.573. The Morgan fingerprint density at radius 3 is 2.73 bits per heavy atom. The summed E-state index contributed by atoms with van der Waals surface area (Å²) in [6.07, 6.45) is 1.69. The van der Waals surface area contributed by atoms with Crippen molar-refractivity contribution in [3.63, 3.8) is 0 Å².